The summed E-state index contributed by atoms with van der Waals surface area (Å²) in [5.41, 5.74) is 0.830. The van der Waals surface area contributed by atoms with Crippen LogP contribution in [0.5, 0.6) is 0 Å². The third-order valence-electron chi connectivity index (χ3n) is 6.50. The number of aliphatic hydroxyl groups excluding tert-OH is 1. The maximum absolute atomic E-state index is 12.0. The van der Waals surface area contributed by atoms with Gasteiger partial charge in [-0.05, 0) is 41.8 Å². The number of alkyl carbamates (subject to hydrolysis) is 1. The summed E-state index contributed by atoms with van der Waals surface area (Å²) in [6, 6.07) is 22.0. The van der Waals surface area contributed by atoms with Crippen LogP contribution in [-0.4, -0.2) is 66.7 Å². The predicted octanol–water partition coefficient (Wildman–Crippen LogP) is 4.62. The fourth-order valence-electron chi connectivity index (χ4n) is 4.19. The van der Waals surface area contributed by atoms with Crippen molar-refractivity contribution in [2.24, 2.45) is 0 Å². The lowest BCUT2D eigenvalue weighted by Crippen LogP contribution is -2.49. The van der Waals surface area contributed by atoms with Gasteiger partial charge in [-0.2, -0.15) is 0 Å². The third kappa shape index (κ3) is 11.2. The summed E-state index contributed by atoms with van der Waals surface area (Å²) in [5, 5.41) is 23.7. The Bertz CT molecular complexity index is 1620. The molecule has 1 unspecified atom stereocenters. The molecule has 0 saturated heterocycles. The molecule has 0 spiro atoms. The number of esters is 2. The summed E-state index contributed by atoms with van der Waals surface area (Å²) in [5.74, 6) is -2.44. The number of aromatic carboxylic acids is 1. The van der Waals surface area contributed by atoms with Crippen molar-refractivity contribution in [2.75, 3.05) is 26.1 Å². The number of aliphatic hydroxyl groups is 1. The van der Waals surface area contributed by atoms with E-state index < -0.39 is 42.2 Å². The second-order valence-electron chi connectivity index (χ2n) is 9.94. The Balaban J connectivity index is 0.000000256. The standard InChI is InChI=1S/C17H15NO6.C17H19NO5/c1-23-16(21)13-7-12(15(19)20)8-14(9-13)18-17(22)24-10-11-5-3-2-4-6-11;1-22-15(20)14-8-5-9-17(10-14,12-19)18-16(21)23-11-13-6-3-2-4-7-13/h2-9H,10H2,1H3,(H,18,22)(H,19,20);2-7,9-10,19H,8,11-12H2,1H3,(H,18,21). The van der Waals surface area contributed by atoms with E-state index in [4.69, 9.17) is 14.6 Å². The Kier molecular flexibility index (Phi) is 13.2. The van der Waals surface area contributed by atoms with E-state index in [-0.39, 0.29) is 30.0 Å². The molecule has 13 heteroatoms. The molecule has 246 valence electrons. The summed E-state index contributed by atoms with van der Waals surface area (Å²) < 4.78 is 19.4. The van der Waals surface area contributed by atoms with Gasteiger partial charge in [0.15, 0.2) is 0 Å². The molecule has 0 aliphatic heterocycles. The Morgan fingerprint density at radius 3 is 1.85 bits per heavy atom. The zero-order chi connectivity index (χ0) is 34.2. The van der Waals surface area contributed by atoms with Gasteiger partial charge in [-0.25, -0.2) is 24.0 Å². The van der Waals surface area contributed by atoms with Gasteiger partial charge < -0.3 is 34.5 Å². The number of amides is 2. The van der Waals surface area contributed by atoms with Crippen molar-refractivity contribution in [3.05, 3.63) is 125 Å². The van der Waals surface area contributed by atoms with Crippen molar-refractivity contribution in [1.29, 1.82) is 0 Å². The monoisotopic (exact) mass is 646 g/mol. The minimum absolute atomic E-state index is 0.00996. The molecule has 0 fully saturated rings. The van der Waals surface area contributed by atoms with Crippen LogP contribution in [0.2, 0.25) is 0 Å². The Hall–Kier alpha value is -5.95. The molecular weight excluding hydrogens is 612 g/mol. The molecule has 4 rings (SSSR count). The number of anilines is 1. The molecule has 1 aliphatic carbocycles. The van der Waals surface area contributed by atoms with E-state index >= 15 is 0 Å². The lowest BCUT2D eigenvalue weighted by atomic mass is 9.90. The minimum Gasteiger partial charge on any atom is -0.478 e. The average molecular weight is 647 g/mol. The number of carboxylic acid groups (broad SMARTS) is 1. The predicted molar refractivity (Wildman–Crippen MR) is 168 cm³/mol. The highest BCUT2D eigenvalue weighted by Gasteiger charge is 2.31. The van der Waals surface area contributed by atoms with Crippen LogP contribution in [0.3, 0.4) is 0 Å². The minimum atomic E-state index is -1.23. The number of ether oxygens (including phenoxy) is 4. The van der Waals surface area contributed by atoms with Crippen molar-refractivity contribution < 1.29 is 53.1 Å². The van der Waals surface area contributed by atoms with Gasteiger partial charge in [0.1, 0.15) is 18.8 Å². The van der Waals surface area contributed by atoms with Crippen LogP contribution in [-0.2, 0) is 37.0 Å². The first-order valence-electron chi connectivity index (χ1n) is 14.1. The first-order valence-corrected chi connectivity index (χ1v) is 14.1. The largest absolute Gasteiger partial charge is 0.478 e. The summed E-state index contributed by atoms with van der Waals surface area (Å²) in [7, 11) is 2.46. The van der Waals surface area contributed by atoms with Gasteiger partial charge in [0.05, 0.1) is 32.0 Å². The Morgan fingerprint density at radius 2 is 1.32 bits per heavy atom. The van der Waals surface area contributed by atoms with Crippen LogP contribution >= 0.6 is 0 Å². The zero-order valence-electron chi connectivity index (χ0n) is 25.6. The molecule has 13 nitrogen and oxygen atoms in total. The Labute approximate surface area is 270 Å². The molecule has 0 bridgehead atoms. The van der Waals surface area contributed by atoms with Gasteiger partial charge in [-0.15, -0.1) is 0 Å². The Morgan fingerprint density at radius 1 is 0.766 bits per heavy atom. The fraction of sp³-hybridized carbons (Fsp3) is 0.206. The topological polar surface area (TPSA) is 187 Å². The van der Waals surface area contributed by atoms with Crippen LogP contribution in [0.4, 0.5) is 15.3 Å². The van der Waals surface area contributed by atoms with E-state index in [1.54, 1.807) is 24.3 Å². The highest BCUT2D eigenvalue weighted by atomic mass is 16.6. The summed E-state index contributed by atoms with van der Waals surface area (Å²) in [4.78, 5) is 58.1. The first-order chi connectivity index (χ1) is 22.6. The molecule has 0 aromatic heterocycles. The molecule has 3 aromatic carbocycles. The maximum atomic E-state index is 12.0. The number of nitrogens with one attached hydrogen (secondary N) is 2. The number of allylic oxidation sites excluding steroid dienone is 1. The summed E-state index contributed by atoms with van der Waals surface area (Å²) in [6.45, 7) is -0.217. The number of carboxylic acids is 1. The number of methoxy groups -OCH3 is 2. The number of carbonyl (C=O) groups excluding carboxylic acids is 4. The number of rotatable bonds is 10. The van der Waals surface area contributed by atoms with E-state index in [1.165, 1.54) is 32.4 Å². The SMILES string of the molecule is COC(=O)C1=CC(CO)(NC(=O)OCc2ccccc2)C=CC1.COC(=O)c1cc(NC(=O)OCc2ccccc2)cc(C(=O)O)c1. The highest BCUT2D eigenvalue weighted by Crippen LogP contribution is 2.22. The number of benzene rings is 3. The van der Waals surface area contributed by atoms with Gasteiger partial charge in [-0.3, -0.25) is 5.32 Å². The van der Waals surface area contributed by atoms with Gasteiger partial charge in [0.2, 0.25) is 0 Å². The van der Waals surface area contributed by atoms with E-state index in [0.29, 0.717) is 12.0 Å². The molecule has 1 atom stereocenters. The van der Waals surface area contributed by atoms with Crippen LogP contribution < -0.4 is 10.6 Å². The van der Waals surface area contributed by atoms with Crippen molar-refractivity contribution >= 4 is 35.8 Å². The normalized spacial score (nSPS) is 14.7. The van der Waals surface area contributed by atoms with Crippen LogP contribution in [0.25, 0.3) is 0 Å². The highest BCUT2D eigenvalue weighted by molar-refractivity contribution is 5.98. The molecule has 0 saturated carbocycles. The van der Waals surface area contributed by atoms with Gasteiger partial charge in [0.25, 0.3) is 0 Å². The molecule has 4 N–H and O–H groups in total. The lowest BCUT2D eigenvalue weighted by Gasteiger charge is -2.29. The molecule has 0 heterocycles. The van der Waals surface area contributed by atoms with Crippen LogP contribution in [0, 0.1) is 0 Å². The second-order valence-corrected chi connectivity index (χ2v) is 9.94. The number of hydrogen-bond acceptors (Lipinski definition) is 10. The molecule has 2 amide bonds. The molecule has 1 aliphatic rings. The van der Waals surface area contributed by atoms with Gasteiger partial charge in [0, 0.05) is 11.3 Å². The molecule has 47 heavy (non-hydrogen) atoms. The molecular formula is C34H34N2O11. The quantitative estimate of drug-likeness (QED) is 0.137. The second kappa shape index (κ2) is 17.5. The molecule has 0 radical (unpaired) electrons. The fourth-order valence-corrected chi connectivity index (χ4v) is 4.19. The summed E-state index contributed by atoms with van der Waals surface area (Å²) >= 11 is 0. The van der Waals surface area contributed by atoms with Crippen molar-refractivity contribution in [1.82, 2.24) is 5.32 Å². The van der Waals surface area contributed by atoms with E-state index in [1.807, 2.05) is 48.5 Å². The number of hydrogen-bond donors (Lipinski definition) is 4. The smallest absolute Gasteiger partial charge is 0.411 e. The van der Waals surface area contributed by atoms with Crippen molar-refractivity contribution in [3.63, 3.8) is 0 Å². The summed E-state index contributed by atoms with van der Waals surface area (Å²) in [6.07, 6.45) is 3.74. The van der Waals surface area contributed by atoms with E-state index in [2.05, 4.69) is 20.1 Å². The molecule has 3 aromatic rings. The van der Waals surface area contributed by atoms with Crippen LogP contribution in [0.1, 0.15) is 38.3 Å². The van der Waals surface area contributed by atoms with E-state index in [9.17, 15) is 29.1 Å². The van der Waals surface area contributed by atoms with Crippen molar-refractivity contribution in [2.45, 2.75) is 25.2 Å². The van der Waals surface area contributed by atoms with Crippen LogP contribution in [0.15, 0.2) is 103 Å². The van der Waals surface area contributed by atoms with Gasteiger partial charge >= 0.3 is 30.1 Å². The maximum Gasteiger partial charge on any atom is 0.411 e. The van der Waals surface area contributed by atoms with Crippen molar-refractivity contribution in [3.8, 4) is 0 Å². The first kappa shape index (κ1) is 35.5. The average Bonchev–Trinajstić information content (AvgIpc) is 3.10. The number of carbonyl (C=O) groups is 5. The third-order valence-corrected chi connectivity index (χ3v) is 6.50. The lowest BCUT2D eigenvalue weighted by molar-refractivity contribution is -0.136. The van der Waals surface area contributed by atoms with E-state index in [0.717, 1.165) is 17.2 Å². The van der Waals surface area contributed by atoms with Gasteiger partial charge in [-0.1, -0.05) is 72.8 Å². The zero-order valence-corrected chi connectivity index (χ0v) is 25.6.